The van der Waals surface area contributed by atoms with Crippen molar-refractivity contribution in [2.45, 2.75) is 25.3 Å². The van der Waals surface area contributed by atoms with E-state index in [1.54, 1.807) is 12.4 Å². The zero-order valence-corrected chi connectivity index (χ0v) is 8.13. The number of nitrogens with one attached hydrogen (secondary N) is 3. The van der Waals surface area contributed by atoms with Crippen LogP contribution in [0.4, 0.5) is 5.95 Å². The summed E-state index contributed by atoms with van der Waals surface area (Å²) < 4.78 is 0. The molecular weight excluding hydrogens is 180 g/mol. The third-order valence-electron chi connectivity index (χ3n) is 2.60. The van der Waals surface area contributed by atoms with Crippen molar-refractivity contribution in [2.24, 2.45) is 0 Å². The quantitative estimate of drug-likeness (QED) is 0.641. The Balaban J connectivity index is 2.02. The topological polar surface area (TPSA) is 69.8 Å². The van der Waals surface area contributed by atoms with Crippen LogP contribution < -0.4 is 10.6 Å². The monoisotopic (exact) mass is 194 g/mol. The number of hydrogen-bond acceptors (Lipinski definition) is 3. The predicted octanol–water partition coefficient (Wildman–Crippen LogP) is 0.490. The fourth-order valence-corrected chi connectivity index (χ4v) is 1.67. The minimum absolute atomic E-state index is 0.0232. The number of imidazole rings is 1. The van der Waals surface area contributed by atoms with Crippen molar-refractivity contribution in [1.82, 2.24) is 15.3 Å². The normalized spacial score (nSPS) is 26.4. The number of carbonyl (C=O) groups excluding carboxylic acids is 1. The molecule has 2 heterocycles. The van der Waals surface area contributed by atoms with Gasteiger partial charge in [0.1, 0.15) is 0 Å². The van der Waals surface area contributed by atoms with Crippen molar-refractivity contribution >= 4 is 11.9 Å². The Hall–Kier alpha value is -1.36. The van der Waals surface area contributed by atoms with E-state index in [-0.39, 0.29) is 5.91 Å². The maximum atomic E-state index is 11.8. The molecule has 1 unspecified atom stereocenters. The van der Waals surface area contributed by atoms with Gasteiger partial charge in [0.25, 0.3) is 0 Å². The maximum Gasteiger partial charge on any atom is 0.246 e. The van der Waals surface area contributed by atoms with E-state index in [4.69, 9.17) is 0 Å². The number of hydrogen-bond donors (Lipinski definition) is 3. The Morgan fingerprint density at radius 2 is 2.57 bits per heavy atom. The number of aromatic nitrogens is 2. The summed E-state index contributed by atoms with van der Waals surface area (Å²) in [5, 5.41) is 5.93. The molecule has 0 aromatic carbocycles. The molecule has 0 aliphatic carbocycles. The van der Waals surface area contributed by atoms with Gasteiger partial charge < -0.3 is 10.3 Å². The van der Waals surface area contributed by atoms with Crippen LogP contribution in [0.15, 0.2) is 12.4 Å². The minimum Gasteiger partial charge on any atom is -0.331 e. The number of H-pyrrole nitrogens is 1. The van der Waals surface area contributed by atoms with Gasteiger partial charge in [-0.3, -0.25) is 10.1 Å². The number of aromatic amines is 1. The first kappa shape index (κ1) is 9.21. The molecule has 1 amide bonds. The second-order valence-electron chi connectivity index (χ2n) is 3.75. The smallest absolute Gasteiger partial charge is 0.246 e. The van der Waals surface area contributed by atoms with Crippen molar-refractivity contribution < 1.29 is 4.79 Å². The van der Waals surface area contributed by atoms with Gasteiger partial charge in [-0.1, -0.05) is 0 Å². The van der Waals surface area contributed by atoms with Crippen LogP contribution in [0, 0.1) is 0 Å². The first-order valence-electron chi connectivity index (χ1n) is 4.77. The van der Waals surface area contributed by atoms with E-state index in [9.17, 15) is 4.79 Å². The fraction of sp³-hybridized carbons (Fsp3) is 0.556. The zero-order valence-electron chi connectivity index (χ0n) is 8.13. The summed E-state index contributed by atoms with van der Waals surface area (Å²) in [6.45, 7) is 2.82. The van der Waals surface area contributed by atoms with Crippen molar-refractivity contribution in [1.29, 1.82) is 0 Å². The standard InChI is InChI=1S/C9H14N4O/c1-9(3-2-4-12-9)7(14)13-8-10-5-6-11-8/h5-6,12H,2-4H2,1H3,(H2,10,11,13,14). The van der Waals surface area contributed by atoms with E-state index >= 15 is 0 Å². The van der Waals surface area contributed by atoms with Gasteiger partial charge in [0, 0.05) is 12.4 Å². The van der Waals surface area contributed by atoms with Gasteiger partial charge in [-0.05, 0) is 26.3 Å². The number of anilines is 1. The lowest BCUT2D eigenvalue weighted by molar-refractivity contribution is -0.121. The number of carbonyl (C=O) groups is 1. The van der Waals surface area contributed by atoms with Crippen molar-refractivity contribution in [2.75, 3.05) is 11.9 Å². The van der Waals surface area contributed by atoms with E-state index in [0.717, 1.165) is 19.4 Å². The van der Waals surface area contributed by atoms with Gasteiger partial charge in [0.15, 0.2) is 0 Å². The molecule has 76 valence electrons. The van der Waals surface area contributed by atoms with E-state index in [1.807, 2.05) is 6.92 Å². The fourth-order valence-electron chi connectivity index (χ4n) is 1.67. The molecule has 3 N–H and O–H groups in total. The average Bonchev–Trinajstić information content (AvgIpc) is 2.76. The molecule has 1 aliphatic rings. The van der Waals surface area contributed by atoms with Crippen LogP contribution in [0.2, 0.25) is 0 Å². The first-order valence-corrected chi connectivity index (χ1v) is 4.77. The predicted molar refractivity (Wildman–Crippen MR) is 52.9 cm³/mol. The zero-order chi connectivity index (χ0) is 10.0. The van der Waals surface area contributed by atoms with Crippen molar-refractivity contribution in [3.8, 4) is 0 Å². The van der Waals surface area contributed by atoms with Gasteiger partial charge in [-0.2, -0.15) is 0 Å². The van der Waals surface area contributed by atoms with Crippen LogP contribution in [-0.2, 0) is 4.79 Å². The van der Waals surface area contributed by atoms with Crippen molar-refractivity contribution in [3.63, 3.8) is 0 Å². The second-order valence-corrected chi connectivity index (χ2v) is 3.75. The Morgan fingerprint density at radius 1 is 1.71 bits per heavy atom. The molecule has 0 bridgehead atoms. The molecule has 1 fully saturated rings. The summed E-state index contributed by atoms with van der Waals surface area (Å²) in [4.78, 5) is 18.6. The Kier molecular flexibility index (Phi) is 2.25. The molecule has 2 rings (SSSR count). The SMILES string of the molecule is CC1(C(=O)Nc2ncc[nH]2)CCCN1. The first-order chi connectivity index (χ1) is 6.71. The highest BCUT2D eigenvalue weighted by Gasteiger charge is 2.36. The van der Waals surface area contributed by atoms with Crippen molar-refractivity contribution in [3.05, 3.63) is 12.4 Å². The van der Waals surface area contributed by atoms with E-state index in [2.05, 4.69) is 20.6 Å². The molecule has 14 heavy (non-hydrogen) atoms. The molecular formula is C9H14N4O. The van der Waals surface area contributed by atoms with E-state index in [1.165, 1.54) is 0 Å². The molecule has 0 saturated carbocycles. The Labute approximate surface area is 82.3 Å². The van der Waals surface area contributed by atoms with Gasteiger partial charge in [-0.15, -0.1) is 0 Å². The van der Waals surface area contributed by atoms with Gasteiger partial charge in [-0.25, -0.2) is 4.98 Å². The van der Waals surface area contributed by atoms with Gasteiger partial charge in [0.05, 0.1) is 5.54 Å². The maximum absolute atomic E-state index is 11.8. The number of nitrogens with zero attached hydrogens (tertiary/aromatic N) is 1. The largest absolute Gasteiger partial charge is 0.331 e. The van der Waals surface area contributed by atoms with Crippen LogP contribution in [0.5, 0.6) is 0 Å². The van der Waals surface area contributed by atoms with Crippen LogP contribution in [-0.4, -0.2) is 28.0 Å². The summed E-state index contributed by atoms with van der Waals surface area (Å²) in [6.07, 6.45) is 5.21. The summed E-state index contributed by atoms with van der Waals surface area (Å²) in [7, 11) is 0. The van der Waals surface area contributed by atoms with Crippen LogP contribution in [0.3, 0.4) is 0 Å². The van der Waals surface area contributed by atoms with E-state index < -0.39 is 5.54 Å². The molecule has 0 radical (unpaired) electrons. The lowest BCUT2D eigenvalue weighted by atomic mass is 10.00. The number of rotatable bonds is 2. The van der Waals surface area contributed by atoms with Gasteiger partial charge >= 0.3 is 0 Å². The van der Waals surface area contributed by atoms with Gasteiger partial charge in [0.2, 0.25) is 11.9 Å². The molecule has 1 saturated heterocycles. The molecule has 5 nitrogen and oxygen atoms in total. The molecule has 1 atom stereocenters. The highest BCUT2D eigenvalue weighted by atomic mass is 16.2. The molecule has 1 aromatic heterocycles. The lowest BCUT2D eigenvalue weighted by Gasteiger charge is -2.21. The van der Waals surface area contributed by atoms with Crippen LogP contribution in [0.25, 0.3) is 0 Å². The second kappa shape index (κ2) is 3.42. The summed E-state index contributed by atoms with van der Waals surface area (Å²) in [5.74, 6) is 0.481. The minimum atomic E-state index is -0.438. The lowest BCUT2D eigenvalue weighted by Crippen LogP contribution is -2.48. The number of amides is 1. The third kappa shape index (κ3) is 1.63. The van der Waals surface area contributed by atoms with Crippen LogP contribution >= 0.6 is 0 Å². The summed E-state index contributed by atoms with van der Waals surface area (Å²) in [5.41, 5.74) is -0.438. The summed E-state index contributed by atoms with van der Waals surface area (Å²) >= 11 is 0. The summed E-state index contributed by atoms with van der Waals surface area (Å²) in [6, 6.07) is 0. The molecule has 0 spiro atoms. The molecule has 1 aromatic rings. The molecule has 5 heteroatoms. The highest BCUT2D eigenvalue weighted by molar-refractivity contribution is 5.96. The average molecular weight is 194 g/mol. The highest BCUT2D eigenvalue weighted by Crippen LogP contribution is 2.19. The Bertz CT molecular complexity index is 314. The molecule has 1 aliphatic heterocycles. The Morgan fingerprint density at radius 3 is 3.14 bits per heavy atom. The third-order valence-corrected chi connectivity index (χ3v) is 2.60. The van der Waals surface area contributed by atoms with Crippen LogP contribution in [0.1, 0.15) is 19.8 Å². The van der Waals surface area contributed by atoms with E-state index in [0.29, 0.717) is 5.95 Å².